The molecule has 5 nitrogen and oxygen atoms in total. The summed E-state index contributed by atoms with van der Waals surface area (Å²) >= 11 is 5.93. The fraction of sp³-hybridized carbons (Fsp3) is 0.692. The number of aromatic nitrogens is 2. The molecule has 1 aromatic rings. The maximum atomic E-state index is 5.93. The first-order chi connectivity index (χ1) is 9.11. The predicted octanol–water partition coefficient (Wildman–Crippen LogP) is 2.75. The lowest BCUT2D eigenvalue weighted by Gasteiger charge is -2.09. The molecule has 1 aromatic heterocycles. The van der Waals surface area contributed by atoms with Crippen molar-refractivity contribution in [1.29, 1.82) is 0 Å². The largest absolute Gasteiger partial charge is 0.379 e. The Hall–Kier alpha value is -0.910. The smallest absolute Gasteiger partial charge is 0.158 e. The first-order valence-electron chi connectivity index (χ1n) is 6.54. The van der Waals surface area contributed by atoms with E-state index in [9.17, 15) is 0 Å². The molecule has 108 valence electrons. The third kappa shape index (κ3) is 7.30. The van der Waals surface area contributed by atoms with Crippen LogP contribution in [0, 0.1) is 5.92 Å². The van der Waals surface area contributed by atoms with E-state index in [2.05, 4.69) is 29.1 Å². The van der Waals surface area contributed by atoms with Crippen molar-refractivity contribution in [3.8, 4) is 0 Å². The van der Waals surface area contributed by atoms with Crippen molar-refractivity contribution >= 4 is 17.4 Å². The Labute approximate surface area is 119 Å². The Morgan fingerprint density at radius 3 is 2.79 bits per heavy atom. The van der Waals surface area contributed by atoms with Crippen molar-refractivity contribution in [3.05, 3.63) is 17.0 Å². The third-order valence-electron chi connectivity index (χ3n) is 2.18. The Morgan fingerprint density at radius 1 is 1.32 bits per heavy atom. The lowest BCUT2D eigenvalue weighted by molar-refractivity contribution is 0.118. The van der Waals surface area contributed by atoms with Gasteiger partial charge < -0.3 is 14.8 Å². The van der Waals surface area contributed by atoms with Crippen molar-refractivity contribution in [1.82, 2.24) is 9.97 Å². The molecule has 0 aromatic carbocycles. The average molecular weight is 288 g/mol. The Kier molecular flexibility index (Phi) is 7.70. The van der Waals surface area contributed by atoms with E-state index < -0.39 is 0 Å². The maximum Gasteiger partial charge on any atom is 0.158 e. The summed E-state index contributed by atoms with van der Waals surface area (Å²) in [4.78, 5) is 8.41. The van der Waals surface area contributed by atoms with Gasteiger partial charge in [-0.3, -0.25) is 0 Å². The molecule has 0 spiro atoms. The van der Waals surface area contributed by atoms with Crippen molar-refractivity contribution in [2.24, 2.45) is 5.92 Å². The van der Waals surface area contributed by atoms with Crippen LogP contribution in [0.3, 0.4) is 0 Å². The van der Waals surface area contributed by atoms with Gasteiger partial charge in [0.25, 0.3) is 0 Å². The molecule has 6 heteroatoms. The molecule has 0 aliphatic heterocycles. The van der Waals surface area contributed by atoms with Crippen LogP contribution in [-0.2, 0) is 16.1 Å². The lowest BCUT2D eigenvalue weighted by atomic mass is 10.2. The second-order valence-corrected chi connectivity index (χ2v) is 4.91. The maximum absolute atomic E-state index is 5.93. The van der Waals surface area contributed by atoms with Crippen molar-refractivity contribution in [2.45, 2.75) is 27.4 Å². The first-order valence-corrected chi connectivity index (χ1v) is 6.92. The van der Waals surface area contributed by atoms with Crippen LogP contribution < -0.4 is 5.32 Å². The van der Waals surface area contributed by atoms with Gasteiger partial charge in [0.15, 0.2) is 5.82 Å². The van der Waals surface area contributed by atoms with Gasteiger partial charge in [-0.05, 0) is 12.8 Å². The van der Waals surface area contributed by atoms with E-state index in [1.807, 2.05) is 6.92 Å². The number of hydrogen-bond donors (Lipinski definition) is 1. The number of rotatable bonds is 9. The summed E-state index contributed by atoms with van der Waals surface area (Å²) in [6, 6.07) is 1.69. The summed E-state index contributed by atoms with van der Waals surface area (Å²) in [6.07, 6.45) is 0. The normalized spacial score (nSPS) is 11.0. The van der Waals surface area contributed by atoms with Gasteiger partial charge in [-0.2, -0.15) is 0 Å². The average Bonchev–Trinajstić information content (AvgIpc) is 2.35. The number of ether oxygens (including phenoxy) is 2. The van der Waals surface area contributed by atoms with Crippen molar-refractivity contribution < 1.29 is 9.47 Å². The van der Waals surface area contributed by atoms with Crippen LogP contribution in [0.4, 0.5) is 5.82 Å². The van der Waals surface area contributed by atoms with E-state index in [0.29, 0.717) is 49.1 Å². The molecular weight excluding hydrogens is 266 g/mol. The molecule has 1 rings (SSSR count). The summed E-state index contributed by atoms with van der Waals surface area (Å²) in [5.41, 5.74) is 0. The van der Waals surface area contributed by atoms with Crippen LogP contribution in [0.5, 0.6) is 0 Å². The molecule has 0 fully saturated rings. The molecule has 0 atom stereocenters. The van der Waals surface area contributed by atoms with Crippen molar-refractivity contribution in [2.75, 3.05) is 31.7 Å². The van der Waals surface area contributed by atoms with E-state index in [4.69, 9.17) is 21.1 Å². The fourth-order valence-corrected chi connectivity index (χ4v) is 1.58. The molecule has 0 radical (unpaired) electrons. The summed E-state index contributed by atoms with van der Waals surface area (Å²) in [6.45, 7) is 9.26. The zero-order valence-electron chi connectivity index (χ0n) is 11.8. The third-order valence-corrected chi connectivity index (χ3v) is 2.37. The molecule has 19 heavy (non-hydrogen) atoms. The molecule has 0 unspecified atom stereocenters. The topological polar surface area (TPSA) is 56.3 Å². The van der Waals surface area contributed by atoms with Crippen LogP contribution in [-0.4, -0.2) is 36.3 Å². The van der Waals surface area contributed by atoms with Crippen LogP contribution in [0.2, 0.25) is 5.15 Å². The van der Waals surface area contributed by atoms with Gasteiger partial charge in [0, 0.05) is 25.8 Å². The standard InChI is InChI=1S/C13H22ClN3O2/c1-4-18-9-13-16-11(14)7-12(17-13)15-5-6-19-8-10(2)3/h7,10H,4-6,8-9H2,1-3H3,(H,15,16,17). The Morgan fingerprint density at radius 2 is 2.11 bits per heavy atom. The monoisotopic (exact) mass is 287 g/mol. The highest BCUT2D eigenvalue weighted by molar-refractivity contribution is 6.29. The fourth-order valence-electron chi connectivity index (χ4n) is 1.38. The summed E-state index contributed by atoms with van der Waals surface area (Å²) in [7, 11) is 0. The Bertz CT molecular complexity index is 375. The van der Waals surface area contributed by atoms with Crippen LogP contribution >= 0.6 is 11.6 Å². The molecule has 0 bridgehead atoms. The first kappa shape index (κ1) is 16.1. The molecule has 1 N–H and O–H groups in total. The molecule has 0 amide bonds. The van der Waals surface area contributed by atoms with Crippen LogP contribution in [0.15, 0.2) is 6.07 Å². The minimum atomic E-state index is 0.371. The van der Waals surface area contributed by atoms with Gasteiger partial charge in [0.05, 0.1) is 6.61 Å². The highest BCUT2D eigenvalue weighted by atomic mass is 35.5. The predicted molar refractivity (Wildman–Crippen MR) is 76.5 cm³/mol. The minimum absolute atomic E-state index is 0.371. The molecule has 0 saturated heterocycles. The van der Waals surface area contributed by atoms with Crippen LogP contribution in [0.1, 0.15) is 26.6 Å². The van der Waals surface area contributed by atoms with E-state index in [0.717, 1.165) is 6.61 Å². The number of hydrogen-bond acceptors (Lipinski definition) is 5. The van der Waals surface area contributed by atoms with Gasteiger partial charge in [-0.1, -0.05) is 25.4 Å². The van der Waals surface area contributed by atoms with Gasteiger partial charge in [0.1, 0.15) is 17.6 Å². The van der Waals surface area contributed by atoms with E-state index >= 15 is 0 Å². The molecule has 0 aliphatic rings. The van der Waals surface area contributed by atoms with E-state index in [-0.39, 0.29) is 0 Å². The zero-order valence-corrected chi connectivity index (χ0v) is 12.5. The summed E-state index contributed by atoms with van der Waals surface area (Å²) in [5, 5.41) is 3.57. The SMILES string of the molecule is CCOCc1nc(Cl)cc(NCCOCC(C)C)n1. The number of anilines is 1. The quantitative estimate of drug-likeness (QED) is 0.559. The molecular formula is C13H22ClN3O2. The molecule has 0 aliphatic carbocycles. The minimum Gasteiger partial charge on any atom is -0.379 e. The second-order valence-electron chi connectivity index (χ2n) is 4.52. The van der Waals surface area contributed by atoms with Crippen LogP contribution in [0.25, 0.3) is 0 Å². The summed E-state index contributed by atoms with van der Waals surface area (Å²) in [5.74, 6) is 1.83. The van der Waals surface area contributed by atoms with Gasteiger partial charge in [0.2, 0.25) is 0 Å². The second kappa shape index (κ2) is 9.07. The number of nitrogens with zero attached hydrogens (tertiary/aromatic N) is 2. The Balaban J connectivity index is 2.38. The number of halogens is 1. The molecule has 1 heterocycles. The van der Waals surface area contributed by atoms with Gasteiger partial charge in [-0.15, -0.1) is 0 Å². The summed E-state index contributed by atoms with van der Waals surface area (Å²) < 4.78 is 10.7. The van der Waals surface area contributed by atoms with Gasteiger partial charge in [-0.25, -0.2) is 9.97 Å². The zero-order chi connectivity index (χ0) is 14.1. The molecule has 0 saturated carbocycles. The van der Waals surface area contributed by atoms with Gasteiger partial charge >= 0.3 is 0 Å². The highest BCUT2D eigenvalue weighted by Gasteiger charge is 2.03. The highest BCUT2D eigenvalue weighted by Crippen LogP contribution is 2.11. The van der Waals surface area contributed by atoms with E-state index in [1.165, 1.54) is 0 Å². The van der Waals surface area contributed by atoms with E-state index in [1.54, 1.807) is 6.07 Å². The number of nitrogens with one attached hydrogen (secondary N) is 1. The van der Waals surface area contributed by atoms with Crippen molar-refractivity contribution in [3.63, 3.8) is 0 Å². The lowest BCUT2D eigenvalue weighted by Crippen LogP contribution is -2.13.